The predicted octanol–water partition coefficient (Wildman–Crippen LogP) is 4.13. The first-order chi connectivity index (χ1) is 11.5. The van der Waals surface area contributed by atoms with Crippen molar-refractivity contribution in [2.45, 2.75) is 67.2 Å². The summed E-state index contributed by atoms with van der Waals surface area (Å²) in [5.41, 5.74) is 0.758. The molecule has 4 aliphatic rings. The average molecular weight is 344 g/mol. The predicted molar refractivity (Wildman–Crippen MR) is 98.8 cm³/mol. The molecule has 0 unspecified atom stereocenters. The number of rotatable bonds is 3. The Bertz CT molecular complexity index is 688. The molecular weight excluding hydrogens is 310 g/mol. The molecule has 0 aromatic rings. The minimum Gasteiger partial charge on any atom is -0.390 e. The lowest BCUT2D eigenvalue weighted by Gasteiger charge is -2.32. The van der Waals surface area contributed by atoms with Gasteiger partial charge in [0.25, 0.3) is 0 Å². The summed E-state index contributed by atoms with van der Waals surface area (Å²) in [5.74, 6) is 1.70. The molecule has 0 saturated heterocycles. The van der Waals surface area contributed by atoms with Crippen LogP contribution in [0.15, 0.2) is 11.8 Å². The highest BCUT2D eigenvalue weighted by molar-refractivity contribution is 6.04. The van der Waals surface area contributed by atoms with Crippen LogP contribution in [0.2, 0.25) is 0 Å². The first-order valence-electron chi connectivity index (χ1n) is 10.0. The summed E-state index contributed by atoms with van der Waals surface area (Å²) >= 11 is 0. The maximum Gasteiger partial charge on any atom is 0.167 e. The lowest BCUT2D eigenvalue weighted by Crippen LogP contribution is -2.36. The molecule has 1 N–H and O–H groups in total. The third kappa shape index (κ3) is 1.78. The van der Waals surface area contributed by atoms with Gasteiger partial charge in [0.1, 0.15) is 5.78 Å². The van der Waals surface area contributed by atoms with Gasteiger partial charge in [-0.15, -0.1) is 0 Å². The van der Waals surface area contributed by atoms with Crippen LogP contribution in [0.5, 0.6) is 0 Å². The molecule has 0 heterocycles. The Kier molecular flexibility index (Phi) is 3.31. The van der Waals surface area contributed by atoms with Crippen molar-refractivity contribution in [3.63, 3.8) is 0 Å². The second kappa shape index (κ2) is 4.78. The Morgan fingerprint density at radius 3 is 2.12 bits per heavy atom. The maximum atomic E-state index is 12.9. The first kappa shape index (κ1) is 17.3. The van der Waals surface area contributed by atoms with E-state index in [4.69, 9.17) is 0 Å². The number of carbonyl (C=O) groups excluding carboxylic acids is 2. The van der Waals surface area contributed by atoms with E-state index in [9.17, 15) is 9.59 Å². The number of nitrogens with one attached hydrogen (secondary N) is 1. The number of hydrogen-bond donors (Lipinski definition) is 1. The highest BCUT2D eigenvalue weighted by Gasteiger charge is 2.66. The normalized spacial score (nSPS) is 47.9. The molecule has 4 aliphatic carbocycles. The largest absolute Gasteiger partial charge is 0.390 e. The SMILES string of the molecule is CC1(C)[C@H]2CC[C@@]1(C)C(=O)/C2=C\NC[C@H]1C(=O)[C@]2(C)CC[C@@H]1C2(C)C. The number of fused-ring (bicyclic) bond motifs is 4. The molecule has 0 radical (unpaired) electrons. The highest BCUT2D eigenvalue weighted by Crippen LogP contribution is 2.66. The number of Topliss-reactive ketones (excluding diaryl/α,β-unsaturated/α-hetero) is 2. The van der Waals surface area contributed by atoms with Crippen LogP contribution >= 0.6 is 0 Å². The Balaban J connectivity index is 1.50. The second-order valence-electron chi connectivity index (χ2n) is 10.7. The molecule has 4 rings (SSSR count). The van der Waals surface area contributed by atoms with Crippen LogP contribution in [0.25, 0.3) is 0 Å². The van der Waals surface area contributed by atoms with Gasteiger partial charge >= 0.3 is 0 Å². The van der Waals surface area contributed by atoms with Gasteiger partial charge in [-0.05, 0) is 48.3 Å². The summed E-state index contributed by atoms with van der Waals surface area (Å²) in [4.78, 5) is 25.9. The molecule has 0 spiro atoms. The van der Waals surface area contributed by atoms with Gasteiger partial charge in [0, 0.05) is 35.1 Å². The van der Waals surface area contributed by atoms with Crippen LogP contribution in [0.4, 0.5) is 0 Å². The molecule has 4 fully saturated rings. The molecule has 25 heavy (non-hydrogen) atoms. The summed E-state index contributed by atoms with van der Waals surface area (Å²) in [7, 11) is 0. The Morgan fingerprint density at radius 1 is 0.960 bits per heavy atom. The smallest absolute Gasteiger partial charge is 0.167 e. The van der Waals surface area contributed by atoms with E-state index in [1.165, 1.54) is 0 Å². The van der Waals surface area contributed by atoms with E-state index in [2.05, 4.69) is 46.9 Å². The summed E-state index contributed by atoms with van der Waals surface area (Å²) in [6.07, 6.45) is 6.28. The number of ketones is 2. The molecule has 138 valence electrons. The van der Waals surface area contributed by atoms with Crippen LogP contribution in [0.1, 0.15) is 67.2 Å². The van der Waals surface area contributed by atoms with E-state index >= 15 is 0 Å². The van der Waals surface area contributed by atoms with E-state index in [0.29, 0.717) is 29.9 Å². The van der Waals surface area contributed by atoms with Crippen molar-refractivity contribution in [3.8, 4) is 0 Å². The zero-order chi connectivity index (χ0) is 18.4. The van der Waals surface area contributed by atoms with Gasteiger partial charge in [-0.3, -0.25) is 9.59 Å². The van der Waals surface area contributed by atoms with Gasteiger partial charge in [0.2, 0.25) is 0 Å². The molecule has 4 bridgehead atoms. The lowest BCUT2D eigenvalue weighted by molar-refractivity contribution is -0.131. The second-order valence-corrected chi connectivity index (χ2v) is 10.7. The van der Waals surface area contributed by atoms with Gasteiger partial charge in [-0.25, -0.2) is 0 Å². The van der Waals surface area contributed by atoms with Crippen molar-refractivity contribution >= 4 is 11.6 Å². The minimum atomic E-state index is -0.205. The molecule has 0 aliphatic heterocycles. The van der Waals surface area contributed by atoms with Gasteiger partial charge in [-0.2, -0.15) is 0 Å². The van der Waals surface area contributed by atoms with Crippen LogP contribution < -0.4 is 5.32 Å². The third-order valence-electron chi connectivity index (χ3n) is 9.63. The van der Waals surface area contributed by atoms with E-state index in [0.717, 1.165) is 31.3 Å². The molecule has 3 heteroatoms. The van der Waals surface area contributed by atoms with Crippen LogP contribution in [-0.2, 0) is 9.59 Å². The quantitative estimate of drug-likeness (QED) is 0.784. The zero-order valence-corrected chi connectivity index (χ0v) is 16.7. The van der Waals surface area contributed by atoms with Gasteiger partial charge in [0.05, 0.1) is 0 Å². The van der Waals surface area contributed by atoms with E-state index in [1.54, 1.807) is 0 Å². The van der Waals surface area contributed by atoms with Crippen LogP contribution in [0.3, 0.4) is 0 Å². The monoisotopic (exact) mass is 343 g/mol. The molecular formula is C22H33NO2. The molecule has 5 atom stereocenters. The Labute approximate surface area is 152 Å². The molecule has 0 aromatic heterocycles. The van der Waals surface area contributed by atoms with Crippen LogP contribution in [-0.4, -0.2) is 18.1 Å². The Morgan fingerprint density at radius 2 is 1.60 bits per heavy atom. The summed E-state index contributed by atoms with van der Waals surface area (Å²) < 4.78 is 0. The average Bonchev–Trinajstić information content (AvgIpc) is 3.01. The molecule has 4 saturated carbocycles. The maximum absolute atomic E-state index is 12.9. The minimum absolute atomic E-state index is 0.0509. The van der Waals surface area contributed by atoms with Gasteiger partial charge in [0.15, 0.2) is 5.78 Å². The zero-order valence-electron chi connectivity index (χ0n) is 16.7. The van der Waals surface area contributed by atoms with Gasteiger partial charge in [-0.1, -0.05) is 41.5 Å². The first-order valence-corrected chi connectivity index (χ1v) is 10.0. The molecule has 0 aromatic carbocycles. The van der Waals surface area contributed by atoms with Crippen molar-refractivity contribution in [1.29, 1.82) is 0 Å². The van der Waals surface area contributed by atoms with E-state index in [-0.39, 0.29) is 27.6 Å². The fourth-order valence-corrected chi connectivity index (χ4v) is 6.90. The van der Waals surface area contributed by atoms with E-state index < -0.39 is 0 Å². The topological polar surface area (TPSA) is 46.2 Å². The summed E-state index contributed by atoms with van der Waals surface area (Å²) in [6, 6.07) is 0. The number of carbonyl (C=O) groups is 2. The van der Waals surface area contributed by atoms with E-state index in [1.807, 2.05) is 6.20 Å². The lowest BCUT2D eigenvalue weighted by atomic mass is 9.70. The van der Waals surface area contributed by atoms with Crippen molar-refractivity contribution in [2.75, 3.05) is 6.54 Å². The molecule has 3 nitrogen and oxygen atoms in total. The standard InChI is InChI=1S/C22H33NO2/c1-19(2)15-7-9-21(19,5)17(24)13(15)11-23-12-14-16-8-10-22(6,18(14)25)20(16,3)4/h11,14-16,23H,7-10,12H2,1-6H3/b13-11-/t14-,15+,16+,21+,22+/m1/s1. The van der Waals surface area contributed by atoms with Crippen LogP contribution in [0, 0.1) is 39.4 Å². The Hall–Kier alpha value is -1.12. The van der Waals surface area contributed by atoms with Crippen molar-refractivity contribution in [1.82, 2.24) is 5.32 Å². The fraction of sp³-hybridized carbons (Fsp3) is 0.818. The van der Waals surface area contributed by atoms with Gasteiger partial charge < -0.3 is 5.32 Å². The molecule has 0 amide bonds. The van der Waals surface area contributed by atoms with Crippen molar-refractivity contribution < 1.29 is 9.59 Å². The third-order valence-corrected chi connectivity index (χ3v) is 9.63. The number of hydrogen-bond acceptors (Lipinski definition) is 3. The van der Waals surface area contributed by atoms with Crippen molar-refractivity contribution in [3.05, 3.63) is 11.8 Å². The summed E-state index contributed by atoms with van der Waals surface area (Å²) in [5, 5.41) is 3.41. The van der Waals surface area contributed by atoms with Crippen molar-refractivity contribution in [2.24, 2.45) is 39.4 Å². The number of allylic oxidation sites excluding steroid dienone is 1. The fourth-order valence-electron chi connectivity index (χ4n) is 6.90. The summed E-state index contributed by atoms with van der Waals surface area (Å²) in [6.45, 7) is 14.0. The highest BCUT2D eigenvalue weighted by atomic mass is 16.1.